The van der Waals surface area contributed by atoms with Gasteiger partial charge < -0.3 is 10.4 Å². The first-order valence-corrected chi connectivity index (χ1v) is 4.67. The van der Waals surface area contributed by atoms with E-state index in [0.29, 0.717) is 22.8 Å². The number of hydrogen-bond donors (Lipinski definition) is 2. The van der Waals surface area contributed by atoms with Crippen LogP contribution in [0.4, 0.5) is 5.82 Å². The van der Waals surface area contributed by atoms with E-state index in [4.69, 9.17) is 16.7 Å². The molecule has 1 aromatic rings. The fourth-order valence-corrected chi connectivity index (χ4v) is 1.47. The first-order valence-electron chi connectivity index (χ1n) is 4.29. The van der Waals surface area contributed by atoms with Crippen molar-refractivity contribution in [1.82, 2.24) is 4.98 Å². The van der Waals surface area contributed by atoms with Gasteiger partial charge in [-0.1, -0.05) is 11.6 Å². The van der Waals surface area contributed by atoms with Gasteiger partial charge in [-0.15, -0.1) is 0 Å². The molecule has 0 spiro atoms. The highest BCUT2D eigenvalue weighted by Gasteiger charge is 2.36. The highest BCUT2D eigenvalue weighted by molar-refractivity contribution is 6.32. The second-order valence-corrected chi connectivity index (χ2v) is 3.67. The summed E-state index contributed by atoms with van der Waals surface area (Å²) in [6, 6.07) is 3.94. The Labute approximate surface area is 81.8 Å². The first-order chi connectivity index (χ1) is 6.31. The molecule has 0 unspecified atom stereocenters. The van der Waals surface area contributed by atoms with E-state index in [0.717, 1.165) is 6.42 Å². The van der Waals surface area contributed by atoms with Gasteiger partial charge >= 0.3 is 0 Å². The fourth-order valence-electron chi connectivity index (χ4n) is 1.29. The van der Waals surface area contributed by atoms with Crippen LogP contribution in [0.1, 0.15) is 6.42 Å². The molecule has 1 aliphatic carbocycles. The van der Waals surface area contributed by atoms with Gasteiger partial charge in [-0.3, -0.25) is 0 Å². The van der Waals surface area contributed by atoms with Crippen LogP contribution in [0.15, 0.2) is 18.3 Å². The first kappa shape index (κ1) is 8.78. The zero-order chi connectivity index (χ0) is 9.26. The Bertz CT molecular complexity index is 305. The number of pyridine rings is 1. The van der Waals surface area contributed by atoms with Crippen LogP contribution in [-0.2, 0) is 0 Å². The molecule has 0 aliphatic heterocycles. The van der Waals surface area contributed by atoms with Crippen LogP contribution < -0.4 is 5.32 Å². The Kier molecular flexibility index (Phi) is 2.38. The van der Waals surface area contributed by atoms with Crippen molar-refractivity contribution in [2.24, 2.45) is 5.92 Å². The third kappa shape index (κ3) is 1.92. The van der Waals surface area contributed by atoms with Gasteiger partial charge in [-0.25, -0.2) is 4.98 Å². The van der Waals surface area contributed by atoms with Crippen LogP contribution in [0.2, 0.25) is 5.02 Å². The number of rotatable bonds is 3. The van der Waals surface area contributed by atoms with Crippen molar-refractivity contribution < 1.29 is 5.11 Å². The second-order valence-electron chi connectivity index (χ2n) is 3.26. The number of aliphatic hydroxyl groups excluding tert-OH is 1. The van der Waals surface area contributed by atoms with Gasteiger partial charge in [-0.2, -0.15) is 0 Å². The lowest BCUT2D eigenvalue weighted by atomic mass is 10.4. The topological polar surface area (TPSA) is 45.1 Å². The maximum atomic E-state index is 8.83. The summed E-state index contributed by atoms with van der Waals surface area (Å²) in [6.45, 7) is 0.238. The lowest BCUT2D eigenvalue weighted by molar-refractivity contribution is 0.275. The number of halogens is 1. The van der Waals surface area contributed by atoms with E-state index < -0.39 is 0 Å². The van der Waals surface area contributed by atoms with Crippen LogP contribution in [0.25, 0.3) is 0 Å². The van der Waals surface area contributed by atoms with Crippen LogP contribution in [0, 0.1) is 5.92 Å². The maximum Gasteiger partial charge on any atom is 0.144 e. The van der Waals surface area contributed by atoms with Gasteiger partial charge in [0.05, 0.1) is 5.02 Å². The number of nitrogens with one attached hydrogen (secondary N) is 1. The summed E-state index contributed by atoms with van der Waals surface area (Å²) in [4.78, 5) is 4.10. The average molecular weight is 199 g/mol. The Morgan fingerprint density at radius 3 is 3.15 bits per heavy atom. The number of nitrogens with zero attached hydrogens (tertiary/aromatic N) is 1. The summed E-state index contributed by atoms with van der Waals surface area (Å²) in [5.41, 5.74) is 0. The molecule has 0 aromatic carbocycles. The fraction of sp³-hybridized carbons (Fsp3) is 0.444. The van der Waals surface area contributed by atoms with E-state index >= 15 is 0 Å². The molecule has 1 aliphatic rings. The highest BCUT2D eigenvalue weighted by Crippen LogP contribution is 2.33. The van der Waals surface area contributed by atoms with Crippen molar-refractivity contribution in [2.75, 3.05) is 11.9 Å². The summed E-state index contributed by atoms with van der Waals surface area (Å²) < 4.78 is 0. The number of aliphatic hydroxyl groups is 1. The van der Waals surface area contributed by atoms with Gasteiger partial charge in [0.2, 0.25) is 0 Å². The normalized spacial score (nSPS) is 25.7. The van der Waals surface area contributed by atoms with Crippen molar-refractivity contribution >= 4 is 17.4 Å². The van der Waals surface area contributed by atoms with E-state index in [-0.39, 0.29) is 6.61 Å². The number of hydrogen-bond acceptors (Lipinski definition) is 3. The third-order valence-corrected chi connectivity index (χ3v) is 2.54. The lowest BCUT2D eigenvalue weighted by Gasteiger charge is -2.05. The monoisotopic (exact) mass is 198 g/mol. The molecule has 1 heterocycles. The molecule has 3 nitrogen and oxygen atoms in total. The minimum Gasteiger partial charge on any atom is -0.396 e. The maximum absolute atomic E-state index is 8.83. The molecule has 0 radical (unpaired) electrons. The van der Waals surface area contributed by atoms with Crippen LogP contribution in [0.3, 0.4) is 0 Å². The minimum absolute atomic E-state index is 0.238. The predicted octanol–water partition coefficient (Wildman–Crippen LogP) is 1.53. The molecule has 1 aromatic heterocycles. The SMILES string of the molecule is OC[C@@H]1C[C@H]1Nc1ncccc1Cl. The van der Waals surface area contributed by atoms with Crippen molar-refractivity contribution in [1.29, 1.82) is 0 Å². The molecule has 4 heteroatoms. The lowest BCUT2D eigenvalue weighted by Crippen LogP contribution is -2.07. The standard InChI is InChI=1S/C9H11ClN2O/c10-7-2-1-3-11-9(7)12-8-4-6(8)5-13/h1-3,6,8,13H,4-5H2,(H,11,12)/t6-,8+/m0/s1. The number of anilines is 1. The average Bonchev–Trinajstić information content (AvgIpc) is 2.88. The van der Waals surface area contributed by atoms with Crippen LogP contribution in [0.5, 0.6) is 0 Å². The van der Waals surface area contributed by atoms with E-state index in [1.807, 2.05) is 0 Å². The Hall–Kier alpha value is -0.800. The molecule has 0 saturated heterocycles. The molecule has 70 valence electrons. The summed E-state index contributed by atoms with van der Waals surface area (Å²) in [7, 11) is 0. The molecular weight excluding hydrogens is 188 g/mol. The predicted molar refractivity (Wildman–Crippen MR) is 51.9 cm³/mol. The molecule has 0 amide bonds. The van der Waals surface area contributed by atoms with Crippen molar-refractivity contribution in [3.8, 4) is 0 Å². The molecular formula is C9H11ClN2O. The largest absolute Gasteiger partial charge is 0.396 e. The molecule has 2 N–H and O–H groups in total. The zero-order valence-electron chi connectivity index (χ0n) is 7.07. The van der Waals surface area contributed by atoms with Gasteiger partial charge in [0, 0.05) is 24.8 Å². The molecule has 13 heavy (non-hydrogen) atoms. The molecule has 1 saturated carbocycles. The number of aromatic nitrogens is 1. The Morgan fingerprint density at radius 1 is 1.69 bits per heavy atom. The van der Waals surface area contributed by atoms with Gasteiger partial charge in [0.1, 0.15) is 5.82 Å². The molecule has 2 atom stereocenters. The van der Waals surface area contributed by atoms with Crippen LogP contribution in [-0.4, -0.2) is 22.7 Å². The third-order valence-electron chi connectivity index (χ3n) is 2.24. The van der Waals surface area contributed by atoms with E-state index in [1.54, 1.807) is 18.3 Å². The Morgan fingerprint density at radius 2 is 2.54 bits per heavy atom. The summed E-state index contributed by atoms with van der Waals surface area (Å²) in [5.74, 6) is 1.09. The van der Waals surface area contributed by atoms with E-state index in [9.17, 15) is 0 Å². The van der Waals surface area contributed by atoms with Crippen molar-refractivity contribution in [3.63, 3.8) is 0 Å². The smallest absolute Gasteiger partial charge is 0.144 e. The Balaban J connectivity index is 1.99. The van der Waals surface area contributed by atoms with E-state index in [2.05, 4.69) is 10.3 Å². The minimum atomic E-state index is 0.238. The van der Waals surface area contributed by atoms with Gasteiger partial charge in [0.25, 0.3) is 0 Å². The second kappa shape index (κ2) is 3.52. The van der Waals surface area contributed by atoms with Crippen LogP contribution >= 0.6 is 11.6 Å². The van der Waals surface area contributed by atoms with Crippen molar-refractivity contribution in [2.45, 2.75) is 12.5 Å². The molecule has 2 rings (SSSR count). The molecule has 1 fully saturated rings. The summed E-state index contributed by atoms with van der Waals surface area (Å²) in [5, 5.41) is 12.6. The highest BCUT2D eigenvalue weighted by atomic mass is 35.5. The van der Waals surface area contributed by atoms with E-state index in [1.165, 1.54) is 0 Å². The zero-order valence-corrected chi connectivity index (χ0v) is 7.83. The summed E-state index contributed by atoms with van der Waals surface area (Å²) in [6.07, 6.45) is 2.70. The summed E-state index contributed by atoms with van der Waals surface area (Å²) >= 11 is 5.90. The quantitative estimate of drug-likeness (QED) is 0.774. The van der Waals surface area contributed by atoms with Gasteiger partial charge in [-0.05, 0) is 18.6 Å². The van der Waals surface area contributed by atoms with Gasteiger partial charge in [0.15, 0.2) is 0 Å². The molecule has 0 bridgehead atoms. The van der Waals surface area contributed by atoms with Crippen molar-refractivity contribution in [3.05, 3.63) is 23.4 Å².